The van der Waals surface area contributed by atoms with E-state index in [1.54, 1.807) is 0 Å². The third kappa shape index (κ3) is 4.37. The zero-order chi connectivity index (χ0) is 11.9. The third-order valence-corrected chi connectivity index (χ3v) is 4.50. The fourth-order valence-electron chi connectivity index (χ4n) is 2.27. The van der Waals surface area contributed by atoms with Gasteiger partial charge < -0.3 is 10.6 Å². The number of aryl methyl sites for hydroxylation is 1. The number of hydrogen-bond acceptors (Lipinski definition) is 4. The van der Waals surface area contributed by atoms with Crippen LogP contribution < -0.4 is 10.6 Å². The van der Waals surface area contributed by atoms with Crippen LogP contribution in [0.1, 0.15) is 36.1 Å². The van der Waals surface area contributed by atoms with Crippen molar-refractivity contribution in [1.29, 1.82) is 0 Å². The molecule has 1 aromatic heterocycles. The number of thiazole rings is 1. The van der Waals surface area contributed by atoms with Gasteiger partial charge in [0.15, 0.2) is 0 Å². The number of hydrogen-bond donors (Lipinski definition) is 2. The average Bonchev–Trinajstić information content (AvgIpc) is 2.99. The first-order valence-corrected chi connectivity index (χ1v) is 7.55. The topological polar surface area (TPSA) is 37.0 Å². The Balaban J connectivity index is 1.53. The fraction of sp³-hybridized carbons (Fsp3) is 0.769. The van der Waals surface area contributed by atoms with E-state index in [-0.39, 0.29) is 0 Å². The number of nitrogens with zero attached hydrogens (tertiary/aromatic N) is 1. The summed E-state index contributed by atoms with van der Waals surface area (Å²) in [6.45, 7) is 6.69. The van der Waals surface area contributed by atoms with Gasteiger partial charge in [0.2, 0.25) is 0 Å². The molecule has 0 bridgehead atoms. The summed E-state index contributed by atoms with van der Waals surface area (Å²) >= 11 is 1.83. The average molecular weight is 253 g/mol. The molecule has 1 aliphatic rings. The lowest BCUT2D eigenvalue weighted by atomic mass is 10.0. The molecule has 1 fully saturated rings. The number of aromatic nitrogens is 1. The molecule has 3 nitrogen and oxygen atoms in total. The molecular weight excluding hydrogens is 230 g/mol. The highest BCUT2D eigenvalue weighted by Gasteiger charge is 2.13. The van der Waals surface area contributed by atoms with Crippen LogP contribution in [0.4, 0.5) is 0 Å². The van der Waals surface area contributed by atoms with Gasteiger partial charge in [-0.05, 0) is 51.2 Å². The minimum Gasteiger partial charge on any atom is -0.316 e. The molecule has 0 saturated carbocycles. The van der Waals surface area contributed by atoms with Crippen LogP contribution in [0.25, 0.3) is 0 Å². The molecule has 1 aliphatic heterocycles. The summed E-state index contributed by atoms with van der Waals surface area (Å²) in [5.74, 6) is 0.920. The molecule has 1 unspecified atom stereocenters. The van der Waals surface area contributed by atoms with Crippen LogP contribution in [0.3, 0.4) is 0 Å². The molecule has 0 aliphatic carbocycles. The molecule has 0 spiro atoms. The Morgan fingerprint density at radius 3 is 3.24 bits per heavy atom. The van der Waals surface area contributed by atoms with Crippen molar-refractivity contribution in [1.82, 2.24) is 15.6 Å². The molecule has 96 valence electrons. The van der Waals surface area contributed by atoms with E-state index >= 15 is 0 Å². The predicted molar refractivity (Wildman–Crippen MR) is 73.4 cm³/mol. The molecule has 4 heteroatoms. The van der Waals surface area contributed by atoms with Crippen LogP contribution in [0.5, 0.6) is 0 Å². The Hall–Kier alpha value is -0.450. The molecule has 17 heavy (non-hydrogen) atoms. The summed E-state index contributed by atoms with van der Waals surface area (Å²) in [6.07, 6.45) is 7.13. The van der Waals surface area contributed by atoms with E-state index < -0.39 is 0 Å². The summed E-state index contributed by atoms with van der Waals surface area (Å²) in [5, 5.41) is 8.14. The van der Waals surface area contributed by atoms with Crippen molar-refractivity contribution >= 4 is 11.3 Å². The third-order valence-electron chi connectivity index (χ3n) is 3.35. The van der Waals surface area contributed by atoms with E-state index in [9.17, 15) is 0 Å². The molecule has 1 atom stereocenters. The minimum atomic E-state index is 0.920. The van der Waals surface area contributed by atoms with Crippen molar-refractivity contribution in [3.8, 4) is 0 Å². The van der Waals surface area contributed by atoms with E-state index in [1.807, 2.05) is 17.5 Å². The van der Waals surface area contributed by atoms with Crippen molar-refractivity contribution < 1.29 is 0 Å². The Morgan fingerprint density at radius 1 is 1.59 bits per heavy atom. The Bertz CT molecular complexity index is 318. The summed E-state index contributed by atoms with van der Waals surface area (Å²) in [6, 6.07) is 0. The highest BCUT2D eigenvalue weighted by molar-refractivity contribution is 7.11. The first kappa shape index (κ1) is 13.0. The predicted octanol–water partition coefficient (Wildman–Crippen LogP) is 2.18. The van der Waals surface area contributed by atoms with Gasteiger partial charge in [-0.2, -0.15) is 0 Å². The lowest BCUT2D eigenvalue weighted by Crippen LogP contribution is -2.16. The second kappa shape index (κ2) is 7.09. The Labute approximate surface area is 108 Å². The standard InChI is InChI=1S/C13H23N3S/c1-2-12-9-16-13(17-12)10-14-6-3-4-11-5-7-15-8-11/h9,11,14-15H,2-8,10H2,1H3. The normalized spacial score (nSPS) is 19.9. The number of nitrogens with one attached hydrogen (secondary N) is 2. The summed E-state index contributed by atoms with van der Waals surface area (Å²) in [5.41, 5.74) is 0. The monoisotopic (exact) mass is 253 g/mol. The van der Waals surface area contributed by atoms with E-state index in [2.05, 4.69) is 22.5 Å². The second-order valence-electron chi connectivity index (χ2n) is 4.75. The quantitative estimate of drug-likeness (QED) is 0.731. The smallest absolute Gasteiger partial charge is 0.107 e. The highest BCUT2D eigenvalue weighted by Crippen LogP contribution is 2.14. The largest absolute Gasteiger partial charge is 0.316 e. The SMILES string of the molecule is CCc1cnc(CNCCCC2CCNC2)s1. The van der Waals surface area contributed by atoms with Crippen molar-refractivity contribution in [3.63, 3.8) is 0 Å². The molecule has 1 saturated heterocycles. The second-order valence-corrected chi connectivity index (χ2v) is 5.95. The molecule has 0 radical (unpaired) electrons. The van der Waals surface area contributed by atoms with E-state index in [0.29, 0.717) is 0 Å². The van der Waals surface area contributed by atoms with Gasteiger partial charge in [0.25, 0.3) is 0 Å². The van der Waals surface area contributed by atoms with E-state index in [4.69, 9.17) is 0 Å². The molecular formula is C13H23N3S. The maximum absolute atomic E-state index is 4.41. The van der Waals surface area contributed by atoms with E-state index in [0.717, 1.165) is 25.4 Å². The highest BCUT2D eigenvalue weighted by atomic mass is 32.1. The van der Waals surface area contributed by atoms with Crippen LogP contribution >= 0.6 is 11.3 Å². The minimum absolute atomic E-state index is 0.920. The maximum Gasteiger partial charge on any atom is 0.107 e. The maximum atomic E-state index is 4.41. The molecule has 0 amide bonds. The van der Waals surface area contributed by atoms with Crippen molar-refractivity contribution in [2.45, 2.75) is 39.2 Å². The fourth-order valence-corrected chi connectivity index (χ4v) is 3.10. The zero-order valence-electron chi connectivity index (χ0n) is 10.7. The first-order valence-electron chi connectivity index (χ1n) is 6.73. The van der Waals surface area contributed by atoms with Gasteiger partial charge in [0.05, 0.1) is 0 Å². The van der Waals surface area contributed by atoms with Crippen LogP contribution in [0, 0.1) is 5.92 Å². The molecule has 0 aromatic carbocycles. The first-order chi connectivity index (χ1) is 8.38. The Morgan fingerprint density at radius 2 is 2.53 bits per heavy atom. The van der Waals surface area contributed by atoms with E-state index in [1.165, 1.54) is 42.2 Å². The molecule has 2 rings (SSSR count). The zero-order valence-corrected chi connectivity index (χ0v) is 11.5. The van der Waals surface area contributed by atoms with Gasteiger partial charge >= 0.3 is 0 Å². The van der Waals surface area contributed by atoms with Gasteiger partial charge in [-0.15, -0.1) is 11.3 Å². The lowest BCUT2D eigenvalue weighted by molar-refractivity contribution is 0.492. The number of rotatable bonds is 7. The van der Waals surface area contributed by atoms with Crippen molar-refractivity contribution in [2.24, 2.45) is 5.92 Å². The van der Waals surface area contributed by atoms with Gasteiger partial charge in [0.1, 0.15) is 5.01 Å². The Kier molecular flexibility index (Phi) is 5.42. The van der Waals surface area contributed by atoms with Crippen molar-refractivity contribution in [3.05, 3.63) is 16.1 Å². The molecule has 2 N–H and O–H groups in total. The summed E-state index contributed by atoms with van der Waals surface area (Å²) in [4.78, 5) is 5.80. The molecule has 2 heterocycles. The van der Waals surface area contributed by atoms with Gasteiger partial charge in [-0.3, -0.25) is 0 Å². The lowest BCUT2D eigenvalue weighted by Gasteiger charge is -2.07. The summed E-state index contributed by atoms with van der Waals surface area (Å²) in [7, 11) is 0. The molecule has 1 aromatic rings. The van der Waals surface area contributed by atoms with Gasteiger partial charge in [-0.1, -0.05) is 6.92 Å². The van der Waals surface area contributed by atoms with Crippen molar-refractivity contribution in [2.75, 3.05) is 19.6 Å². The van der Waals surface area contributed by atoms with Gasteiger partial charge in [0, 0.05) is 17.6 Å². The summed E-state index contributed by atoms with van der Waals surface area (Å²) < 4.78 is 0. The van der Waals surface area contributed by atoms with Crippen LogP contribution in [0.2, 0.25) is 0 Å². The van der Waals surface area contributed by atoms with Gasteiger partial charge in [-0.25, -0.2) is 4.98 Å². The van der Waals surface area contributed by atoms with Crippen LogP contribution in [0.15, 0.2) is 6.20 Å². The van der Waals surface area contributed by atoms with Crippen LogP contribution in [-0.4, -0.2) is 24.6 Å². The van der Waals surface area contributed by atoms with Crippen LogP contribution in [-0.2, 0) is 13.0 Å².